The van der Waals surface area contributed by atoms with Crippen LogP contribution in [0.1, 0.15) is 37.1 Å². The van der Waals surface area contributed by atoms with E-state index in [1.165, 1.54) is 25.7 Å². The molecule has 0 bridgehead atoms. The standard InChI is InChI=1S/C13H20ClN3/c1-9-12(14)11(17(2)16-9)7-15-8-13(5-6-13)10-3-4-10/h10,15H,3-8H2,1-2H3. The van der Waals surface area contributed by atoms with Crippen molar-refractivity contribution in [3.05, 3.63) is 16.4 Å². The minimum Gasteiger partial charge on any atom is -0.311 e. The first-order valence-corrected chi connectivity index (χ1v) is 6.89. The first-order valence-electron chi connectivity index (χ1n) is 6.51. The number of aromatic nitrogens is 2. The quantitative estimate of drug-likeness (QED) is 0.875. The number of nitrogens with zero attached hydrogens (tertiary/aromatic N) is 2. The summed E-state index contributed by atoms with van der Waals surface area (Å²) < 4.78 is 1.89. The number of hydrogen-bond acceptors (Lipinski definition) is 2. The van der Waals surface area contributed by atoms with Crippen LogP contribution in [0.3, 0.4) is 0 Å². The van der Waals surface area contributed by atoms with Crippen molar-refractivity contribution in [2.24, 2.45) is 18.4 Å². The van der Waals surface area contributed by atoms with Crippen LogP contribution in [-0.2, 0) is 13.6 Å². The molecule has 2 aliphatic carbocycles. The summed E-state index contributed by atoms with van der Waals surface area (Å²) in [4.78, 5) is 0. The average molecular weight is 254 g/mol. The zero-order chi connectivity index (χ0) is 12.0. The Kier molecular flexibility index (Phi) is 2.71. The predicted octanol–water partition coefficient (Wildman–Crippen LogP) is 2.66. The molecule has 3 rings (SSSR count). The van der Waals surface area contributed by atoms with Crippen molar-refractivity contribution in [1.29, 1.82) is 0 Å². The van der Waals surface area contributed by atoms with Gasteiger partial charge in [-0.05, 0) is 43.9 Å². The van der Waals surface area contributed by atoms with Gasteiger partial charge in [0.1, 0.15) is 0 Å². The van der Waals surface area contributed by atoms with Crippen molar-refractivity contribution < 1.29 is 0 Å². The lowest BCUT2D eigenvalue weighted by Crippen LogP contribution is -2.26. The van der Waals surface area contributed by atoms with Crippen LogP contribution in [0, 0.1) is 18.3 Å². The Balaban J connectivity index is 1.57. The summed E-state index contributed by atoms with van der Waals surface area (Å²) in [7, 11) is 1.96. The van der Waals surface area contributed by atoms with E-state index in [0.29, 0.717) is 5.41 Å². The van der Waals surface area contributed by atoms with E-state index >= 15 is 0 Å². The molecule has 0 saturated heterocycles. The molecular weight excluding hydrogens is 234 g/mol. The highest BCUT2D eigenvalue weighted by atomic mass is 35.5. The van der Waals surface area contributed by atoms with Crippen molar-refractivity contribution in [2.45, 2.75) is 39.2 Å². The lowest BCUT2D eigenvalue weighted by molar-refractivity contribution is 0.400. The molecule has 0 aromatic carbocycles. The molecule has 0 unspecified atom stereocenters. The van der Waals surface area contributed by atoms with Gasteiger partial charge >= 0.3 is 0 Å². The Hall–Kier alpha value is -0.540. The Morgan fingerprint density at radius 2 is 2.18 bits per heavy atom. The summed E-state index contributed by atoms with van der Waals surface area (Å²) in [5.41, 5.74) is 2.69. The third-order valence-corrected chi connectivity index (χ3v) is 4.86. The van der Waals surface area contributed by atoms with Crippen molar-refractivity contribution in [1.82, 2.24) is 15.1 Å². The van der Waals surface area contributed by atoms with Crippen LogP contribution in [0.2, 0.25) is 5.02 Å². The van der Waals surface area contributed by atoms with Gasteiger partial charge in [-0.3, -0.25) is 4.68 Å². The molecule has 0 radical (unpaired) electrons. The highest BCUT2D eigenvalue weighted by Crippen LogP contribution is 2.60. The van der Waals surface area contributed by atoms with Crippen molar-refractivity contribution in [3.63, 3.8) is 0 Å². The summed E-state index contributed by atoms with van der Waals surface area (Å²) in [5, 5.41) is 8.72. The third kappa shape index (κ3) is 2.11. The molecule has 17 heavy (non-hydrogen) atoms. The fourth-order valence-electron chi connectivity index (χ4n) is 2.89. The van der Waals surface area contributed by atoms with Crippen LogP contribution in [0.5, 0.6) is 0 Å². The average Bonchev–Trinajstić information content (AvgIpc) is 3.14. The topological polar surface area (TPSA) is 29.9 Å². The van der Waals surface area contributed by atoms with E-state index in [-0.39, 0.29) is 0 Å². The van der Waals surface area contributed by atoms with E-state index in [0.717, 1.165) is 35.4 Å². The maximum absolute atomic E-state index is 6.23. The molecule has 0 spiro atoms. The second-order valence-electron chi connectivity index (χ2n) is 5.71. The predicted molar refractivity (Wildman–Crippen MR) is 69.1 cm³/mol. The fraction of sp³-hybridized carbons (Fsp3) is 0.769. The van der Waals surface area contributed by atoms with Crippen molar-refractivity contribution >= 4 is 11.6 Å². The summed E-state index contributed by atoms with van der Waals surface area (Å²) >= 11 is 6.23. The van der Waals surface area contributed by atoms with E-state index in [9.17, 15) is 0 Å². The van der Waals surface area contributed by atoms with E-state index in [4.69, 9.17) is 11.6 Å². The molecule has 2 fully saturated rings. The molecule has 4 heteroatoms. The Bertz CT molecular complexity index is 430. The van der Waals surface area contributed by atoms with Gasteiger partial charge in [-0.25, -0.2) is 0 Å². The van der Waals surface area contributed by atoms with Crippen LogP contribution >= 0.6 is 11.6 Å². The fourth-order valence-corrected chi connectivity index (χ4v) is 3.11. The number of rotatable bonds is 5. The molecular formula is C13H20ClN3. The third-order valence-electron chi connectivity index (χ3n) is 4.37. The van der Waals surface area contributed by atoms with Crippen LogP contribution < -0.4 is 5.32 Å². The summed E-state index contributed by atoms with van der Waals surface area (Å²) in [5.74, 6) is 1.01. The van der Waals surface area contributed by atoms with Crippen LogP contribution in [0.25, 0.3) is 0 Å². The number of halogens is 1. The zero-order valence-corrected chi connectivity index (χ0v) is 11.3. The number of aryl methyl sites for hydroxylation is 2. The van der Waals surface area contributed by atoms with Gasteiger partial charge in [0.05, 0.1) is 16.4 Å². The second-order valence-corrected chi connectivity index (χ2v) is 6.09. The van der Waals surface area contributed by atoms with E-state index < -0.39 is 0 Å². The summed E-state index contributed by atoms with van der Waals surface area (Å²) in [6.07, 6.45) is 5.74. The highest BCUT2D eigenvalue weighted by Gasteiger charge is 2.53. The Morgan fingerprint density at radius 3 is 2.65 bits per heavy atom. The van der Waals surface area contributed by atoms with Gasteiger partial charge < -0.3 is 5.32 Å². The molecule has 94 valence electrons. The zero-order valence-electron chi connectivity index (χ0n) is 10.6. The van der Waals surface area contributed by atoms with E-state index in [2.05, 4.69) is 10.4 Å². The Morgan fingerprint density at radius 1 is 1.47 bits per heavy atom. The lowest BCUT2D eigenvalue weighted by atomic mass is 10.0. The van der Waals surface area contributed by atoms with Gasteiger partial charge in [0.15, 0.2) is 0 Å². The van der Waals surface area contributed by atoms with Gasteiger partial charge in [0.25, 0.3) is 0 Å². The lowest BCUT2D eigenvalue weighted by Gasteiger charge is -2.15. The summed E-state index contributed by atoms with van der Waals surface area (Å²) in [6.45, 7) is 3.95. The van der Waals surface area contributed by atoms with Gasteiger partial charge in [-0.1, -0.05) is 11.6 Å². The van der Waals surface area contributed by atoms with Gasteiger partial charge in [-0.15, -0.1) is 0 Å². The molecule has 3 nitrogen and oxygen atoms in total. The second kappa shape index (κ2) is 3.99. The van der Waals surface area contributed by atoms with E-state index in [1.54, 1.807) is 0 Å². The molecule has 0 amide bonds. The van der Waals surface area contributed by atoms with Crippen LogP contribution in [0.15, 0.2) is 0 Å². The Labute approximate surface area is 108 Å². The molecule has 1 heterocycles. The summed E-state index contributed by atoms with van der Waals surface area (Å²) in [6, 6.07) is 0. The van der Waals surface area contributed by atoms with Crippen LogP contribution in [-0.4, -0.2) is 16.3 Å². The van der Waals surface area contributed by atoms with Gasteiger partial charge in [-0.2, -0.15) is 5.10 Å². The number of nitrogens with one attached hydrogen (secondary N) is 1. The first kappa shape index (κ1) is 11.5. The highest BCUT2D eigenvalue weighted by molar-refractivity contribution is 6.31. The van der Waals surface area contributed by atoms with Crippen molar-refractivity contribution in [2.75, 3.05) is 6.54 Å². The largest absolute Gasteiger partial charge is 0.311 e. The smallest absolute Gasteiger partial charge is 0.0860 e. The van der Waals surface area contributed by atoms with Crippen molar-refractivity contribution in [3.8, 4) is 0 Å². The van der Waals surface area contributed by atoms with Gasteiger partial charge in [0.2, 0.25) is 0 Å². The molecule has 0 aliphatic heterocycles. The molecule has 1 N–H and O–H groups in total. The van der Waals surface area contributed by atoms with Gasteiger partial charge in [0, 0.05) is 20.1 Å². The molecule has 1 aromatic heterocycles. The first-order chi connectivity index (χ1) is 8.12. The minimum absolute atomic E-state index is 0.653. The molecule has 2 aliphatic rings. The molecule has 2 saturated carbocycles. The minimum atomic E-state index is 0.653. The van der Waals surface area contributed by atoms with Crippen LogP contribution in [0.4, 0.5) is 0 Å². The maximum atomic E-state index is 6.23. The number of hydrogen-bond donors (Lipinski definition) is 1. The normalized spacial score (nSPS) is 21.8. The van der Waals surface area contributed by atoms with E-state index in [1.807, 2.05) is 18.7 Å². The monoisotopic (exact) mass is 253 g/mol. The molecule has 0 atom stereocenters. The SMILES string of the molecule is Cc1nn(C)c(CNCC2(C3CC3)CC2)c1Cl. The maximum Gasteiger partial charge on any atom is 0.0860 e. The molecule has 1 aromatic rings.